The predicted octanol–water partition coefficient (Wildman–Crippen LogP) is 2.22. The van der Waals surface area contributed by atoms with Crippen LogP contribution in [0.4, 0.5) is 0 Å². The Kier molecular flexibility index (Phi) is 4.53. The molecule has 8 nitrogen and oxygen atoms in total. The summed E-state index contributed by atoms with van der Waals surface area (Å²) >= 11 is 5.94. The largest absolute Gasteiger partial charge is 0.476 e. The smallest absolute Gasteiger partial charge is 0.356 e. The standard InChI is InChI=1S/C13H10ClN3O3.C3H4N2/c1-16-5-10-11(13(19)20)15-6-17(10)9-3-2-7(14)4-8(9)12(16)18;1-2-5-3-4-1/h2-4,6H,5H2,1H3,(H,19,20);1-3H,(H,4,5). The van der Waals surface area contributed by atoms with E-state index in [1.807, 2.05) is 0 Å². The number of aromatic amines is 1. The van der Waals surface area contributed by atoms with Crippen molar-refractivity contribution >= 4 is 23.5 Å². The summed E-state index contributed by atoms with van der Waals surface area (Å²) in [5.41, 5.74) is 1.42. The van der Waals surface area contributed by atoms with Crippen LogP contribution in [0.1, 0.15) is 26.5 Å². The Labute approximate surface area is 147 Å². The molecule has 0 atom stereocenters. The summed E-state index contributed by atoms with van der Waals surface area (Å²) in [6.07, 6.45) is 6.50. The van der Waals surface area contributed by atoms with Crippen LogP contribution in [0.15, 0.2) is 43.2 Å². The number of rotatable bonds is 1. The van der Waals surface area contributed by atoms with Crippen LogP contribution in [-0.2, 0) is 6.54 Å². The molecule has 1 aromatic carbocycles. The van der Waals surface area contributed by atoms with Gasteiger partial charge in [-0.25, -0.2) is 14.8 Å². The van der Waals surface area contributed by atoms with E-state index in [4.69, 9.17) is 16.7 Å². The molecule has 0 saturated carbocycles. The van der Waals surface area contributed by atoms with Crippen molar-refractivity contribution in [3.05, 3.63) is 65.2 Å². The number of nitrogens with zero attached hydrogens (tertiary/aromatic N) is 4. The van der Waals surface area contributed by atoms with Gasteiger partial charge in [0.25, 0.3) is 5.91 Å². The Morgan fingerprint density at radius 2 is 2.20 bits per heavy atom. The number of aromatic carboxylic acids is 1. The van der Waals surface area contributed by atoms with Crippen molar-refractivity contribution < 1.29 is 14.7 Å². The topological polar surface area (TPSA) is 104 Å². The molecular formula is C16H14ClN5O3. The van der Waals surface area contributed by atoms with Crippen molar-refractivity contribution in [2.75, 3.05) is 7.05 Å². The minimum atomic E-state index is -1.11. The molecule has 0 saturated heterocycles. The van der Waals surface area contributed by atoms with Crippen LogP contribution >= 0.6 is 11.6 Å². The first kappa shape index (κ1) is 16.7. The normalized spacial score (nSPS) is 12.6. The molecule has 0 unspecified atom stereocenters. The summed E-state index contributed by atoms with van der Waals surface area (Å²) in [6.45, 7) is 0.173. The van der Waals surface area contributed by atoms with E-state index in [2.05, 4.69) is 15.0 Å². The van der Waals surface area contributed by atoms with Crippen LogP contribution in [-0.4, -0.2) is 48.4 Å². The number of amides is 1. The van der Waals surface area contributed by atoms with E-state index in [1.54, 1.807) is 48.5 Å². The van der Waals surface area contributed by atoms with E-state index in [9.17, 15) is 9.59 Å². The van der Waals surface area contributed by atoms with Gasteiger partial charge in [-0.1, -0.05) is 11.6 Å². The van der Waals surface area contributed by atoms with Crippen LogP contribution in [0.3, 0.4) is 0 Å². The number of carboxylic acids is 1. The predicted molar refractivity (Wildman–Crippen MR) is 89.9 cm³/mol. The second-order valence-corrected chi connectivity index (χ2v) is 5.73. The number of fused-ring (bicyclic) bond motifs is 3. The molecule has 3 heterocycles. The average Bonchev–Trinajstić information content (AvgIpc) is 3.25. The van der Waals surface area contributed by atoms with Crippen LogP contribution in [0.5, 0.6) is 0 Å². The second kappa shape index (κ2) is 6.78. The monoisotopic (exact) mass is 359 g/mol. The van der Waals surface area contributed by atoms with E-state index in [-0.39, 0.29) is 18.1 Å². The van der Waals surface area contributed by atoms with E-state index < -0.39 is 5.97 Å². The van der Waals surface area contributed by atoms with Gasteiger partial charge in [-0.3, -0.25) is 9.36 Å². The number of halogens is 1. The first-order valence-corrected chi connectivity index (χ1v) is 7.64. The number of hydrogen-bond donors (Lipinski definition) is 2. The van der Waals surface area contributed by atoms with Gasteiger partial charge in [0.1, 0.15) is 6.33 Å². The number of nitrogens with one attached hydrogen (secondary N) is 1. The van der Waals surface area contributed by atoms with Crippen molar-refractivity contribution in [3.63, 3.8) is 0 Å². The van der Waals surface area contributed by atoms with E-state index in [0.717, 1.165) is 0 Å². The SMILES string of the molecule is CN1Cc2c(C(=O)O)ncn2-c2ccc(Cl)cc2C1=O.c1c[nH]cn1. The molecule has 0 spiro atoms. The Balaban J connectivity index is 0.000000314. The lowest BCUT2D eigenvalue weighted by molar-refractivity contribution is 0.0683. The van der Waals surface area contributed by atoms with Crippen LogP contribution < -0.4 is 0 Å². The average molecular weight is 360 g/mol. The maximum atomic E-state index is 12.3. The number of carbonyl (C=O) groups is 2. The Bertz CT molecular complexity index is 903. The number of imidazole rings is 2. The molecule has 1 aliphatic heterocycles. The number of aromatic nitrogens is 4. The number of hydrogen-bond acceptors (Lipinski definition) is 4. The van der Waals surface area contributed by atoms with Crippen LogP contribution in [0, 0.1) is 0 Å². The lowest BCUT2D eigenvalue weighted by Gasteiger charge is -2.14. The fourth-order valence-corrected chi connectivity index (χ4v) is 2.69. The molecule has 0 bridgehead atoms. The molecule has 0 aliphatic carbocycles. The van der Waals surface area contributed by atoms with Gasteiger partial charge in [0.2, 0.25) is 0 Å². The van der Waals surface area contributed by atoms with Crippen molar-refractivity contribution in [3.8, 4) is 5.69 Å². The Morgan fingerprint density at radius 3 is 2.80 bits per heavy atom. The van der Waals surface area contributed by atoms with E-state index in [0.29, 0.717) is 22.0 Å². The van der Waals surface area contributed by atoms with Gasteiger partial charge in [0, 0.05) is 24.5 Å². The zero-order valence-electron chi connectivity index (χ0n) is 13.2. The molecule has 1 amide bonds. The summed E-state index contributed by atoms with van der Waals surface area (Å²) in [5.74, 6) is -1.32. The minimum Gasteiger partial charge on any atom is -0.476 e. The molecule has 0 fully saturated rings. The summed E-state index contributed by atoms with van der Waals surface area (Å²) in [7, 11) is 1.61. The third kappa shape index (κ3) is 3.24. The van der Waals surface area contributed by atoms with Crippen molar-refractivity contribution in [2.45, 2.75) is 6.54 Å². The molecule has 2 N–H and O–H groups in total. The Morgan fingerprint density at radius 1 is 1.40 bits per heavy atom. The van der Waals surface area contributed by atoms with Gasteiger partial charge in [-0.2, -0.15) is 0 Å². The van der Waals surface area contributed by atoms with Gasteiger partial charge < -0.3 is 15.0 Å². The molecule has 9 heteroatoms. The highest BCUT2D eigenvalue weighted by atomic mass is 35.5. The maximum Gasteiger partial charge on any atom is 0.356 e. The van der Waals surface area contributed by atoms with Gasteiger partial charge >= 0.3 is 5.97 Å². The first-order chi connectivity index (χ1) is 12.0. The van der Waals surface area contributed by atoms with Crippen molar-refractivity contribution in [1.29, 1.82) is 0 Å². The highest BCUT2D eigenvalue weighted by molar-refractivity contribution is 6.31. The zero-order valence-corrected chi connectivity index (χ0v) is 13.9. The highest BCUT2D eigenvalue weighted by Crippen LogP contribution is 2.27. The van der Waals surface area contributed by atoms with Gasteiger partial charge in [-0.05, 0) is 18.2 Å². The third-order valence-corrected chi connectivity index (χ3v) is 3.89. The van der Waals surface area contributed by atoms with Gasteiger partial charge in [0.15, 0.2) is 5.69 Å². The van der Waals surface area contributed by atoms with E-state index >= 15 is 0 Å². The summed E-state index contributed by atoms with van der Waals surface area (Å²) < 4.78 is 1.62. The third-order valence-electron chi connectivity index (χ3n) is 3.66. The molecule has 25 heavy (non-hydrogen) atoms. The molecule has 1 aliphatic rings. The number of carbonyl (C=O) groups excluding carboxylic acids is 1. The maximum absolute atomic E-state index is 12.3. The quantitative estimate of drug-likeness (QED) is 0.693. The second-order valence-electron chi connectivity index (χ2n) is 5.30. The van der Waals surface area contributed by atoms with Crippen molar-refractivity contribution in [1.82, 2.24) is 24.4 Å². The van der Waals surface area contributed by atoms with Crippen molar-refractivity contribution in [2.24, 2.45) is 0 Å². The molecule has 128 valence electrons. The fraction of sp³-hybridized carbons (Fsp3) is 0.125. The summed E-state index contributed by atoms with van der Waals surface area (Å²) in [5, 5.41) is 9.62. The number of benzene rings is 1. The summed E-state index contributed by atoms with van der Waals surface area (Å²) in [6, 6.07) is 4.92. The lowest BCUT2D eigenvalue weighted by Crippen LogP contribution is -2.25. The van der Waals surface area contributed by atoms with Crippen LogP contribution in [0.25, 0.3) is 5.69 Å². The Hall–Kier alpha value is -3.13. The number of carboxylic acid groups (broad SMARTS) is 1. The minimum absolute atomic E-state index is 0.0487. The van der Waals surface area contributed by atoms with Gasteiger partial charge in [0.05, 0.1) is 29.8 Å². The van der Waals surface area contributed by atoms with Gasteiger partial charge in [-0.15, -0.1) is 0 Å². The highest BCUT2D eigenvalue weighted by Gasteiger charge is 2.28. The first-order valence-electron chi connectivity index (χ1n) is 7.26. The molecule has 3 aromatic rings. The molecule has 2 aromatic heterocycles. The van der Waals surface area contributed by atoms with E-state index in [1.165, 1.54) is 11.2 Å². The van der Waals surface area contributed by atoms with Crippen LogP contribution in [0.2, 0.25) is 5.02 Å². The molecular weight excluding hydrogens is 346 g/mol. The fourth-order valence-electron chi connectivity index (χ4n) is 2.52. The number of H-pyrrole nitrogens is 1. The zero-order chi connectivity index (χ0) is 18.0. The molecule has 0 radical (unpaired) electrons. The lowest BCUT2D eigenvalue weighted by atomic mass is 10.1. The molecule has 4 rings (SSSR count). The summed E-state index contributed by atoms with van der Waals surface area (Å²) in [4.78, 5) is 35.3.